The number of hydrogen-bond donors (Lipinski definition) is 0. The summed E-state index contributed by atoms with van der Waals surface area (Å²) in [7, 11) is 0. The molecule has 0 fully saturated rings. The molecule has 0 aliphatic carbocycles. The van der Waals surface area contributed by atoms with Crippen LogP contribution in [0, 0.1) is 5.82 Å². The maximum absolute atomic E-state index is 13.5. The number of thiazole rings is 1. The second-order valence-corrected chi connectivity index (χ2v) is 8.34. The molecular formula is C21H24FN3OS2. The van der Waals surface area contributed by atoms with E-state index in [1.54, 1.807) is 11.0 Å². The highest BCUT2D eigenvalue weighted by atomic mass is 32.2. The molecule has 0 unspecified atom stereocenters. The molecule has 4 nitrogen and oxygen atoms in total. The Morgan fingerprint density at radius 1 is 1.11 bits per heavy atom. The average molecular weight is 418 g/mol. The van der Waals surface area contributed by atoms with Crippen LogP contribution < -0.4 is 4.90 Å². The molecular weight excluding hydrogens is 393 g/mol. The predicted octanol–water partition coefficient (Wildman–Crippen LogP) is 4.90. The van der Waals surface area contributed by atoms with Crippen LogP contribution in [0.2, 0.25) is 0 Å². The van der Waals surface area contributed by atoms with Crippen molar-refractivity contribution < 1.29 is 9.18 Å². The number of hydrogen-bond acceptors (Lipinski definition) is 5. The fourth-order valence-corrected chi connectivity index (χ4v) is 4.68. The van der Waals surface area contributed by atoms with Gasteiger partial charge in [0, 0.05) is 18.0 Å². The Bertz CT molecular complexity index is 912. The molecule has 0 radical (unpaired) electrons. The number of carbonyl (C=O) groups is 1. The molecule has 1 heterocycles. The zero-order valence-corrected chi connectivity index (χ0v) is 17.7. The van der Waals surface area contributed by atoms with Crippen molar-refractivity contribution in [2.24, 2.45) is 0 Å². The number of rotatable bonds is 9. The fraction of sp³-hybridized carbons (Fsp3) is 0.333. The van der Waals surface area contributed by atoms with Gasteiger partial charge in [0.1, 0.15) is 5.82 Å². The van der Waals surface area contributed by atoms with Crippen molar-refractivity contribution in [1.29, 1.82) is 0 Å². The van der Waals surface area contributed by atoms with Crippen LogP contribution in [0.5, 0.6) is 0 Å². The van der Waals surface area contributed by atoms with Gasteiger partial charge in [-0.25, -0.2) is 9.37 Å². The van der Waals surface area contributed by atoms with Gasteiger partial charge in [0.25, 0.3) is 0 Å². The van der Waals surface area contributed by atoms with Crippen LogP contribution in [0.3, 0.4) is 0 Å². The normalized spacial score (nSPS) is 11.3. The summed E-state index contributed by atoms with van der Waals surface area (Å²) in [5.41, 5.74) is 0.720. The second-order valence-electron chi connectivity index (χ2n) is 6.28. The van der Waals surface area contributed by atoms with E-state index in [-0.39, 0.29) is 11.7 Å². The number of aromatic nitrogens is 1. The fourth-order valence-electron chi connectivity index (χ4n) is 2.85. The number of amides is 1. The Hall–Kier alpha value is -1.96. The highest BCUT2D eigenvalue weighted by molar-refractivity contribution is 8.00. The first-order valence-corrected chi connectivity index (χ1v) is 11.2. The van der Waals surface area contributed by atoms with Crippen LogP contribution in [-0.2, 0) is 4.79 Å². The molecule has 7 heteroatoms. The SMILES string of the molecule is CCN(CC)CCN(C(=O)CSc1ccccc1)c1nc2ccc(F)cc2s1. The van der Waals surface area contributed by atoms with Crippen molar-refractivity contribution in [2.45, 2.75) is 18.7 Å². The van der Waals surface area contributed by atoms with Gasteiger partial charge in [-0.15, -0.1) is 11.8 Å². The van der Waals surface area contributed by atoms with Gasteiger partial charge in [-0.3, -0.25) is 9.69 Å². The number of halogens is 1. The van der Waals surface area contributed by atoms with Crippen LogP contribution in [-0.4, -0.2) is 47.7 Å². The van der Waals surface area contributed by atoms with Crippen molar-refractivity contribution in [3.63, 3.8) is 0 Å². The molecule has 148 valence electrons. The van der Waals surface area contributed by atoms with Gasteiger partial charge in [-0.05, 0) is 43.4 Å². The Morgan fingerprint density at radius 2 is 1.86 bits per heavy atom. The number of likely N-dealkylation sites (N-methyl/N-ethyl adjacent to an activating group) is 1. The average Bonchev–Trinajstić information content (AvgIpc) is 3.13. The highest BCUT2D eigenvalue weighted by Crippen LogP contribution is 2.30. The van der Waals surface area contributed by atoms with Crippen LogP contribution in [0.25, 0.3) is 10.2 Å². The number of thioether (sulfide) groups is 1. The Labute approximate surface area is 173 Å². The van der Waals surface area contributed by atoms with E-state index >= 15 is 0 Å². The first-order valence-electron chi connectivity index (χ1n) is 9.37. The quantitative estimate of drug-likeness (QED) is 0.464. The van der Waals surface area contributed by atoms with E-state index in [0.717, 1.165) is 34.7 Å². The van der Waals surface area contributed by atoms with E-state index in [0.29, 0.717) is 17.4 Å². The van der Waals surface area contributed by atoms with Gasteiger partial charge in [-0.1, -0.05) is 43.4 Å². The van der Waals surface area contributed by atoms with Gasteiger partial charge < -0.3 is 4.90 Å². The third-order valence-corrected chi connectivity index (χ3v) is 6.55. The van der Waals surface area contributed by atoms with Crippen molar-refractivity contribution in [3.8, 4) is 0 Å². The smallest absolute Gasteiger partial charge is 0.239 e. The number of nitrogens with zero attached hydrogens (tertiary/aromatic N) is 3. The summed E-state index contributed by atoms with van der Waals surface area (Å²) in [5.74, 6) is 0.0657. The molecule has 2 aromatic carbocycles. The Balaban J connectivity index is 1.79. The summed E-state index contributed by atoms with van der Waals surface area (Å²) in [4.78, 5) is 22.7. The second kappa shape index (κ2) is 10.0. The van der Waals surface area contributed by atoms with Crippen molar-refractivity contribution in [2.75, 3.05) is 36.8 Å². The first kappa shape index (κ1) is 20.8. The van der Waals surface area contributed by atoms with E-state index in [4.69, 9.17) is 0 Å². The van der Waals surface area contributed by atoms with Crippen LogP contribution in [0.15, 0.2) is 53.4 Å². The molecule has 0 N–H and O–H groups in total. The molecule has 0 saturated heterocycles. The summed E-state index contributed by atoms with van der Waals surface area (Å²) in [6.07, 6.45) is 0. The Kier molecular flexibility index (Phi) is 7.42. The molecule has 3 rings (SSSR count). The minimum absolute atomic E-state index is 0.0144. The van der Waals surface area contributed by atoms with Gasteiger partial charge in [0.15, 0.2) is 5.13 Å². The summed E-state index contributed by atoms with van der Waals surface area (Å²) < 4.78 is 14.3. The number of fused-ring (bicyclic) bond motifs is 1. The highest BCUT2D eigenvalue weighted by Gasteiger charge is 2.20. The molecule has 0 spiro atoms. The van der Waals surface area contributed by atoms with E-state index in [9.17, 15) is 9.18 Å². The summed E-state index contributed by atoms with van der Waals surface area (Å²) in [6.45, 7) is 7.44. The third kappa shape index (κ3) is 5.31. The number of anilines is 1. The van der Waals surface area contributed by atoms with Gasteiger partial charge >= 0.3 is 0 Å². The lowest BCUT2D eigenvalue weighted by Gasteiger charge is -2.24. The molecule has 0 saturated carbocycles. The number of benzene rings is 2. The molecule has 0 bridgehead atoms. The minimum atomic E-state index is -0.289. The molecule has 0 aliphatic rings. The van der Waals surface area contributed by atoms with E-state index in [1.165, 1.54) is 35.2 Å². The maximum Gasteiger partial charge on any atom is 0.239 e. The Morgan fingerprint density at radius 3 is 2.57 bits per heavy atom. The van der Waals surface area contributed by atoms with Crippen molar-refractivity contribution in [3.05, 3.63) is 54.3 Å². The van der Waals surface area contributed by atoms with Crippen molar-refractivity contribution >= 4 is 44.4 Å². The lowest BCUT2D eigenvalue weighted by atomic mass is 10.3. The zero-order valence-electron chi connectivity index (χ0n) is 16.1. The molecule has 0 atom stereocenters. The monoisotopic (exact) mass is 417 g/mol. The first-order chi connectivity index (χ1) is 13.6. The third-order valence-electron chi connectivity index (χ3n) is 4.51. The standard InChI is InChI=1S/C21H24FN3OS2/c1-3-24(4-2)12-13-25(20(26)15-27-17-8-6-5-7-9-17)21-23-18-11-10-16(22)14-19(18)28-21/h5-11,14H,3-4,12-13,15H2,1-2H3. The van der Waals surface area contributed by atoms with Gasteiger partial charge in [-0.2, -0.15) is 0 Å². The van der Waals surface area contributed by atoms with Gasteiger partial charge in [0.05, 0.1) is 16.0 Å². The van der Waals surface area contributed by atoms with Crippen LogP contribution in [0.1, 0.15) is 13.8 Å². The number of carbonyl (C=O) groups excluding carboxylic acids is 1. The van der Waals surface area contributed by atoms with E-state index in [2.05, 4.69) is 23.7 Å². The summed E-state index contributed by atoms with van der Waals surface area (Å²) >= 11 is 2.88. The van der Waals surface area contributed by atoms with Crippen LogP contribution >= 0.6 is 23.1 Å². The lowest BCUT2D eigenvalue weighted by molar-refractivity contribution is -0.116. The van der Waals surface area contributed by atoms with Gasteiger partial charge in [0.2, 0.25) is 5.91 Å². The van der Waals surface area contributed by atoms with Crippen LogP contribution in [0.4, 0.5) is 9.52 Å². The topological polar surface area (TPSA) is 36.4 Å². The van der Waals surface area contributed by atoms with Crippen molar-refractivity contribution in [1.82, 2.24) is 9.88 Å². The summed E-state index contributed by atoms with van der Waals surface area (Å²) in [6, 6.07) is 14.4. The minimum Gasteiger partial charge on any atom is -0.302 e. The predicted molar refractivity (Wildman–Crippen MR) is 117 cm³/mol. The lowest BCUT2D eigenvalue weighted by Crippen LogP contribution is -2.39. The molecule has 3 aromatic rings. The molecule has 0 aliphatic heterocycles. The molecule has 28 heavy (non-hydrogen) atoms. The molecule has 1 amide bonds. The molecule has 1 aromatic heterocycles. The summed E-state index contributed by atoms with van der Waals surface area (Å²) in [5, 5.41) is 0.631. The maximum atomic E-state index is 13.5. The largest absolute Gasteiger partial charge is 0.302 e. The zero-order chi connectivity index (χ0) is 19.9. The van der Waals surface area contributed by atoms with E-state index in [1.807, 2.05) is 30.3 Å². The van der Waals surface area contributed by atoms with E-state index < -0.39 is 0 Å².